The monoisotopic (exact) mass is 472 g/mol. The quantitative estimate of drug-likeness (QED) is 0.570. The lowest BCUT2D eigenvalue weighted by Gasteiger charge is -2.33. The number of carbonyl (C=O) groups excluding carboxylic acids is 1. The summed E-state index contributed by atoms with van der Waals surface area (Å²) in [6.45, 7) is 3.65. The molecule has 0 aliphatic carbocycles. The van der Waals surface area contributed by atoms with Crippen LogP contribution >= 0.6 is 0 Å². The fraction of sp³-hybridized carbons (Fsp3) is 0.360. The van der Waals surface area contributed by atoms with Crippen LogP contribution < -0.4 is 10.1 Å². The molecule has 1 aliphatic heterocycles. The third-order valence-corrected chi connectivity index (χ3v) is 5.93. The second kappa shape index (κ2) is 9.89. The molecule has 0 saturated carbocycles. The Balaban J connectivity index is 1.40. The lowest BCUT2D eigenvalue weighted by molar-refractivity contribution is -0.137. The fourth-order valence-electron chi connectivity index (χ4n) is 4.28. The molecule has 1 fully saturated rings. The smallest absolute Gasteiger partial charge is 0.416 e. The van der Waals surface area contributed by atoms with E-state index in [1.807, 2.05) is 23.8 Å². The molecule has 180 valence electrons. The average Bonchev–Trinajstić information content (AvgIpc) is 3.24. The lowest BCUT2D eigenvalue weighted by Crippen LogP contribution is -2.47. The van der Waals surface area contributed by atoms with Crippen molar-refractivity contribution >= 4 is 5.91 Å². The van der Waals surface area contributed by atoms with Crippen molar-refractivity contribution in [2.45, 2.75) is 38.5 Å². The van der Waals surface area contributed by atoms with Gasteiger partial charge in [-0.25, -0.2) is 4.98 Å². The number of aryl methyl sites for hydroxylation is 1. The summed E-state index contributed by atoms with van der Waals surface area (Å²) < 4.78 is 46.4. The molecule has 6 nitrogen and oxygen atoms in total. The second-order valence-electron chi connectivity index (χ2n) is 8.55. The number of piperidine rings is 1. The average molecular weight is 473 g/mol. The molecule has 3 aromatic rings. The van der Waals surface area contributed by atoms with Gasteiger partial charge in [-0.2, -0.15) is 13.2 Å². The van der Waals surface area contributed by atoms with Crippen molar-refractivity contribution in [1.82, 2.24) is 19.8 Å². The topological polar surface area (TPSA) is 59.4 Å². The second-order valence-corrected chi connectivity index (χ2v) is 8.55. The molecule has 1 atom stereocenters. The van der Waals surface area contributed by atoms with E-state index in [4.69, 9.17) is 4.74 Å². The van der Waals surface area contributed by atoms with Crippen LogP contribution in [0.1, 0.15) is 40.0 Å². The van der Waals surface area contributed by atoms with Crippen molar-refractivity contribution in [3.05, 3.63) is 77.4 Å². The highest BCUT2D eigenvalue weighted by Crippen LogP contribution is 2.30. The maximum atomic E-state index is 13.0. The minimum absolute atomic E-state index is 0.0889. The molecule has 1 aliphatic rings. The Morgan fingerprint density at radius 2 is 2.06 bits per heavy atom. The predicted octanol–water partition coefficient (Wildman–Crippen LogP) is 4.60. The van der Waals surface area contributed by atoms with Crippen molar-refractivity contribution in [1.29, 1.82) is 0 Å². The first-order valence-corrected chi connectivity index (χ1v) is 11.1. The highest BCUT2D eigenvalue weighted by Gasteiger charge is 2.30. The number of methoxy groups -OCH3 is 1. The van der Waals surface area contributed by atoms with Crippen molar-refractivity contribution in [3.8, 4) is 11.4 Å². The van der Waals surface area contributed by atoms with Crippen LogP contribution in [-0.4, -0.2) is 46.6 Å². The number of alkyl halides is 3. The number of carbonyl (C=O) groups is 1. The molecule has 2 heterocycles. The summed E-state index contributed by atoms with van der Waals surface area (Å²) in [5.74, 6) is 0.345. The third kappa shape index (κ3) is 5.59. The van der Waals surface area contributed by atoms with Crippen LogP contribution in [0.3, 0.4) is 0 Å². The van der Waals surface area contributed by atoms with Crippen molar-refractivity contribution in [2.24, 2.45) is 0 Å². The lowest BCUT2D eigenvalue weighted by atomic mass is 10.0. The van der Waals surface area contributed by atoms with Gasteiger partial charge in [0, 0.05) is 30.9 Å². The molecular formula is C25H27F3N4O2. The highest BCUT2D eigenvalue weighted by molar-refractivity contribution is 5.95. The Morgan fingerprint density at radius 3 is 2.76 bits per heavy atom. The number of hydrogen-bond acceptors (Lipinski definition) is 4. The van der Waals surface area contributed by atoms with Gasteiger partial charge in [-0.05, 0) is 56.1 Å². The van der Waals surface area contributed by atoms with Gasteiger partial charge in [0.25, 0.3) is 5.91 Å². The number of nitrogens with one attached hydrogen (secondary N) is 1. The first kappa shape index (κ1) is 23.8. The number of likely N-dealkylation sites (tertiary alicyclic amines) is 1. The van der Waals surface area contributed by atoms with Gasteiger partial charge in [0.1, 0.15) is 5.75 Å². The van der Waals surface area contributed by atoms with Gasteiger partial charge >= 0.3 is 6.18 Å². The van der Waals surface area contributed by atoms with E-state index < -0.39 is 11.7 Å². The number of ether oxygens (including phenoxy) is 1. The normalized spacial score (nSPS) is 16.9. The van der Waals surface area contributed by atoms with Crippen LogP contribution in [0.5, 0.6) is 5.75 Å². The molecule has 1 N–H and O–H groups in total. The molecule has 34 heavy (non-hydrogen) atoms. The first-order chi connectivity index (χ1) is 16.2. The molecule has 0 spiro atoms. The number of imidazole rings is 1. The maximum absolute atomic E-state index is 13.0. The fourth-order valence-corrected chi connectivity index (χ4v) is 4.28. The highest BCUT2D eigenvalue weighted by atomic mass is 19.4. The Labute approximate surface area is 196 Å². The van der Waals surface area contributed by atoms with Crippen molar-refractivity contribution in [2.75, 3.05) is 20.2 Å². The minimum Gasteiger partial charge on any atom is -0.495 e. The van der Waals surface area contributed by atoms with Crippen molar-refractivity contribution < 1.29 is 22.7 Å². The molecule has 2 aromatic carbocycles. The maximum Gasteiger partial charge on any atom is 0.416 e. The van der Waals surface area contributed by atoms with E-state index in [1.165, 1.54) is 12.1 Å². The number of nitrogens with zero attached hydrogens (tertiary/aromatic N) is 3. The van der Waals surface area contributed by atoms with E-state index in [0.717, 1.165) is 36.8 Å². The van der Waals surface area contributed by atoms with Gasteiger partial charge in [-0.15, -0.1) is 0 Å². The van der Waals surface area contributed by atoms with Crippen LogP contribution in [0.2, 0.25) is 0 Å². The van der Waals surface area contributed by atoms with E-state index in [1.54, 1.807) is 31.6 Å². The third-order valence-electron chi connectivity index (χ3n) is 5.93. The van der Waals surface area contributed by atoms with Gasteiger partial charge in [-0.3, -0.25) is 9.69 Å². The number of halogens is 3. The summed E-state index contributed by atoms with van der Waals surface area (Å²) in [5.41, 5.74) is 2.10. The largest absolute Gasteiger partial charge is 0.495 e. The number of rotatable bonds is 6. The van der Waals surface area contributed by atoms with E-state index in [0.29, 0.717) is 30.0 Å². The zero-order valence-electron chi connectivity index (χ0n) is 19.1. The number of benzene rings is 2. The van der Waals surface area contributed by atoms with Crippen LogP contribution in [0.25, 0.3) is 5.69 Å². The molecule has 4 rings (SSSR count). The van der Waals surface area contributed by atoms with Gasteiger partial charge in [0.2, 0.25) is 0 Å². The molecule has 0 bridgehead atoms. The van der Waals surface area contributed by atoms with E-state index in [2.05, 4.69) is 15.2 Å². The Hall–Kier alpha value is -3.33. The molecule has 1 saturated heterocycles. The molecule has 1 aromatic heterocycles. The van der Waals surface area contributed by atoms with Gasteiger partial charge in [-0.1, -0.05) is 18.2 Å². The van der Waals surface area contributed by atoms with Crippen molar-refractivity contribution in [3.63, 3.8) is 0 Å². The summed E-state index contributed by atoms with van der Waals surface area (Å²) in [6.07, 6.45) is 0.870. The van der Waals surface area contributed by atoms with E-state index in [9.17, 15) is 18.0 Å². The van der Waals surface area contributed by atoms with Crippen LogP contribution in [0, 0.1) is 6.92 Å². The Morgan fingerprint density at radius 1 is 1.24 bits per heavy atom. The standard InChI is InChI=1S/C25H27F3N4O2/c1-17-13-32(16-29-17)22-9-8-19(12-23(22)34-2)24(33)30-21-7-4-10-31(15-21)14-18-5-3-6-20(11-18)25(26,27)28/h3,5-6,8-9,11-13,16,21H,4,7,10,14-15H2,1-2H3,(H,30,33)/t21-/m0/s1. The minimum atomic E-state index is -4.36. The van der Waals surface area contributed by atoms with Gasteiger partial charge < -0.3 is 14.6 Å². The summed E-state index contributed by atoms with van der Waals surface area (Å²) in [6, 6.07) is 10.6. The van der Waals surface area contributed by atoms with E-state index >= 15 is 0 Å². The SMILES string of the molecule is COc1cc(C(=O)N[C@H]2CCCN(Cc3cccc(C(F)(F)F)c3)C2)ccc1-n1cnc(C)c1. The number of hydrogen-bond donors (Lipinski definition) is 1. The van der Waals surface area contributed by atoms with Gasteiger partial charge in [0.05, 0.1) is 30.4 Å². The zero-order chi connectivity index (χ0) is 24.3. The number of amides is 1. The molecule has 0 unspecified atom stereocenters. The van der Waals surface area contributed by atoms with Gasteiger partial charge in [0.15, 0.2) is 0 Å². The Kier molecular flexibility index (Phi) is 6.92. The molecule has 1 amide bonds. The van der Waals surface area contributed by atoms with E-state index in [-0.39, 0.29) is 11.9 Å². The van der Waals surface area contributed by atoms with Crippen LogP contribution in [0.15, 0.2) is 55.0 Å². The molecule has 0 radical (unpaired) electrons. The Bertz CT molecular complexity index is 1160. The predicted molar refractivity (Wildman–Crippen MR) is 122 cm³/mol. The summed E-state index contributed by atoms with van der Waals surface area (Å²) >= 11 is 0. The summed E-state index contributed by atoms with van der Waals surface area (Å²) in [5, 5.41) is 3.07. The first-order valence-electron chi connectivity index (χ1n) is 11.1. The summed E-state index contributed by atoms with van der Waals surface area (Å²) in [4.78, 5) is 19.2. The molecule has 9 heteroatoms. The van der Waals surface area contributed by atoms with Crippen LogP contribution in [0.4, 0.5) is 13.2 Å². The number of aromatic nitrogens is 2. The van der Waals surface area contributed by atoms with Crippen LogP contribution in [-0.2, 0) is 12.7 Å². The summed E-state index contributed by atoms with van der Waals surface area (Å²) in [7, 11) is 1.55. The molecular weight excluding hydrogens is 445 g/mol. The zero-order valence-corrected chi connectivity index (χ0v) is 19.1.